The number of hydrogen-bond donors (Lipinski definition) is 1. The Labute approximate surface area is 192 Å². The highest BCUT2D eigenvalue weighted by Gasteiger charge is 2.34. The lowest BCUT2D eigenvalue weighted by Gasteiger charge is -2.27. The van der Waals surface area contributed by atoms with Crippen molar-refractivity contribution in [1.29, 1.82) is 0 Å². The number of carbonyl (C=O) groups is 1. The number of ether oxygens (including phenoxy) is 1. The van der Waals surface area contributed by atoms with E-state index in [1.165, 1.54) is 28.9 Å². The van der Waals surface area contributed by atoms with E-state index >= 15 is 0 Å². The Hall–Kier alpha value is -3.99. The van der Waals surface area contributed by atoms with Crippen molar-refractivity contribution >= 4 is 23.2 Å². The number of carbonyl (C=O) groups excluding carboxylic acids is 1. The standard InChI is InChI=1S/C23H19F3N6O2/c24-23(25,26)17-6-2-1-5-15(17)18-14-32-21(28-18)16(22(33)29-19-7-3-4-8-27-19)13-20(30-32)31-9-11-34-12-10-31/h1-8,13-14H,9-12H2,(H,27,29,33). The maximum Gasteiger partial charge on any atom is 0.417 e. The Morgan fingerprint density at radius 1 is 1.06 bits per heavy atom. The molecule has 0 radical (unpaired) electrons. The van der Waals surface area contributed by atoms with Crippen LogP contribution in [0.25, 0.3) is 16.9 Å². The summed E-state index contributed by atoms with van der Waals surface area (Å²) < 4.78 is 47.6. The highest BCUT2D eigenvalue weighted by atomic mass is 19.4. The van der Waals surface area contributed by atoms with Crippen LogP contribution in [0.15, 0.2) is 60.9 Å². The summed E-state index contributed by atoms with van der Waals surface area (Å²) in [5, 5.41) is 7.25. The predicted molar refractivity (Wildman–Crippen MR) is 119 cm³/mol. The van der Waals surface area contributed by atoms with Crippen LogP contribution in [0.2, 0.25) is 0 Å². The monoisotopic (exact) mass is 468 g/mol. The minimum atomic E-state index is -4.56. The van der Waals surface area contributed by atoms with Crippen LogP contribution in [-0.2, 0) is 10.9 Å². The average molecular weight is 468 g/mol. The van der Waals surface area contributed by atoms with Gasteiger partial charge < -0.3 is 15.0 Å². The van der Waals surface area contributed by atoms with Crippen molar-refractivity contribution in [3.05, 3.63) is 72.1 Å². The van der Waals surface area contributed by atoms with Gasteiger partial charge in [0.1, 0.15) is 5.82 Å². The molecule has 1 aliphatic rings. The third kappa shape index (κ3) is 4.29. The number of fused-ring (bicyclic) bond motifs is 1. The van der Waals surface area contributed by atoms with Gasteiger partial charge in [0.25, 0.3) is 5.91 Å². The maximum absolute atomic E-state index is 13.6. The van der Waals surface area contributed by atoms with E-state index in [0.717, 1.165) is 6.07 Å². The zero-order valence-corrected chi connectivity index (χ0v) is 17.8. The summed E-state index contributed by atoms with van der Waals surface area (Å²) in [5.74, 6) is 0.335. The third-order valence-electron chi connectivity index (χ3n) is 5.41. The molecule has 1 N–H and O–H groups in total. The molecule has 4 aromatic rings. The number of anilines is 2. The molecule has 0 unspecified atom stereocenters. The number of nitrogens with one attached hydrogen (secondary N) is 1. The molecule has 0 bridgehead atoms. The fraction of sp³-hybridized carbons (Fsp3) is 0.217. The predicted octanol–water partition coefficient (Wildman–Crippen LogP) is 3.90. The molecule has 4 heterocycles. The summed E-state index contributed by atoms with van der Waals surface area (Å²) in [6.07, 6.45) is -1.61. The van der Waals surface area contributed by atoms with Gasteiger partial charge in [0.15, 0.2) is 11.5 Å². The molecule has 1 saturated heterocycles. The number of imidazole rings is 1. The van der Waals surface area contributed by atoms with E-state index in [4.69, 9.17) is 4.74 Å². The van der Waals surface area contributed by atoms with E-state index in [9.17, 15) is 18.0 Å². The van der Waals surface area contributed by atoms with E-state index < -0.39 is 17.6 Å². The second-order valence-corrected chi connectivity index (χ2v) is 7.62. The van der Waals surface area contributed by atoms with Gasteiger partial charge in [0.05, 0.1) is 36.2 Å². The van der Waals surface area contributed by atoms with E-state index in [2.05, 4.69) is 20.4 Å². The normalized spacial score (nSPS) is 14.4. The molecule has 11 heteroatoms. The van der Waals surface area contributed by atoms with Gasteiger partial charge in [-0.3, -0.25) is 4.79 Å². The number of nitrogens with zero attached hydrogens (tertiary/aromatic N) is 5. The quantitative estimate of drug-likeness (QED) is 0.489. The van der Waals surface area contributed by atoms with Crippen molar-refractivity contribution in [2.75, 3.05) is 36.5 Å². The number of morpholine rings is 1. The summed E-state index contributed by atoms with van der Waals surface area (Å²) in [6.45, 7) is 2.14. The number of halogens is 3. The van der Waals surface area contributed by atoms with Gasteiger partial charge in [-0.2, -0.15) is 13.2 Å². The van der Waals surface area contributed by atoms with Crippen molar-refractivity contribution in [3.8, 4) is 11.3 Å². The van der Waals surface area contributed by atoms with Crippen LogP contribution in [-0.4, -0.2) is 51.8 Å². The van der Waals surface area contributed by atoms with Gasteiger partial charge in [-0.15, -0.1) is 5.10 Å². The minimum Gasteiger partial charge on any atom is -0.378 e. The molecule has 0 atom stereocenters. The molecule has 5 rings (SSSR count). The number of pyridine rings is 1. The van der Waals surface area contributed by atoms with Gasteiger partial charge in [-0.1, -0.05) is 24.3 Å². The van der Waals surface area contributed by atoms with Gasteiger partial charge in [0, 0.05) is 24.8 Å². The van der Waals surface area contributed by atoms with Crippen LogP contribution < -0.4 is 10.2 Å². The van der Waals surface area contributed by atoms with Crippen molar-refractivity contribution in [1.82, 2.24) is 19.6 Å². The first-order valence-corrected chi connectivity index (χ1v) is 10.5. The van der Waals surface area contributed by atoms with E-state index in [1.807, 2.05) is 4.90 Å². The molecule has 1 aromatic carbocycles. The molecule has 174 valence electrons. The first-order chi connectivity index (χ1) is 16.4. The largest absolute Gasteiger partial charge is 0.417 e. The fourth-order valence-corrected chi connectivity index (χ4v) is 3.78. The van der Waals surface area contributed by atoms with Crippen LogP contribution in [0.1, 0.15) is 15.9 Å². The molecule has 0 aliphatic carbocycles. The SMILES string of the molecule is O=C(Nc1ccccn1)c1cc(N2CCOCC2)nn2cc(-c3ccccc3C(F)(F)F)nc12. The van der Waals surface area contributed by atoms with Gasteiger partial charge in [-0.25, -0.2) is 14.5 Å². The maximum atomic E-state index is 13.6. The lowest BCUT2D eigenvalue weighted by Crippen LogP contribution is -2.37. The summed E-state index contributed by atoms with van der Waals surface area (Å²) in [5.41, 5.74) is -0.544. The second-order valence-electron chi connectivity index (χ2n) is 7.62. The molecule has 0 spiro atoms. The first-order valence-electron chi connectivity index (χ1n) is 10.5. The molecule has 1 amide bonds. The Kier molecular flexibility index (Phi) is 5.62. The highest BCUT2D eigenvalue weighted by Crippen LogP contribution is 2.37. The topological polar surface area (TPSA) is 84.7 Å². The lowest BCUT2D eigenvalue weighted by molar-refractivity contribution is -0.137. The van der Waals surface area contributed by atoms with E-state index in [1.54, 1.807) is 30.5 Å². The van der Waals surface area contributed by atoms with Crippen LogP contribution in [0, 0.1) is 0 Å². The zero-order valence-electron chi connectivity index (χ0n) is 17.8. The Morgan fingerprint density at radius 3 is 2.56 bits per heavy atom. The number of aromatic nitrogens is 4. The minimum absolute atomic E-state index is 0.0615. The molecular weight excluding hydrogens is 449 g/mol. The molecule has 0 saturated carbocycles. The lowest BCUT2D eigenvalue weighted by atomic mass is 10.1. The van der Waals surface area contributed by atoms with Crippen LogP contribution in [0.4, 0.5) is 24.8 Å². The number of benzene rings is 1. The van der Waals surface area contributed by atoms with Crippen molar-refractivity contribution in [2.45, 2.75) is 6.18 Å². The van der Waals surface area contributed by atoms with Gasteiger partial charge in [0.2, 0.25) is 0 Å². The Bertz CT molecular complexity index is 1330. The second kappa shape index (κ2) is 8.75. The van der Waals surface area contributed by atoms with Crippen LogP contribution in [0.3, 0.4) is 0 Å². The van der Waals surface area contributed by atoms with Crippen molar-refractivity contribution < 1.29 is 22.7 Å². The first kappa shape index (κ1) is 21.8. The van der Waals surface area contributed by atoms with E-state index in [0.29, 0.717) is 37.9 Å². The average Bonchev–Trinajstić information content (AvgIpc) is 3.28. The number of amides is 1. The van der Waals surface area contributed by atoms with Gasteiger partial charge >= 0.3 is 6.18 Å². The molecule has 34 heavy (non-hydrogen) atoms. The summed E-state index contributed by atoms with van der Waals surface area (Å²) in [7, 11) is 0. The Balaban J connectivity index is 1.63. The zero-order chi connectivity index (χ0) is 23.7. The molecule has 1 aliphatic heterocycles. The van der Waals surface area contributed by atoms with Crippen LogP contribution in [0.5, 0.6) is 0 Å². The fourth-order valence-electron chi connectivity index (χ4n) is 3.78. The van der Waals surface area contributed by atoms with E-state index in [-0.39, 0.29) is 22.5 Å². The highest BCUT2D eigenvalue weighted by molar-refractivity contribution is 6.08. The smallest absolute Gasteiger partial charge is 0.378 e. The van der Waals surface area contributed by atoms with Gasteiger partial charge in [-0.05, 0) is 24.3 Å². The van der Waals surface area contributed by atoms with Crippen molar-refractivity contribution in [3.63, 3.8) is 0 Å². The number of hydrogen-bond acceptors (Lipinski definition) is 6. The summed E-state index contributed by atoms with van der Waals surface area (Å²) >= 11 is 0. The molecule has 3 aromatic heterocycles. The summed E-state index contributed by atoms with van der Waals surface area (Å²) in [4.78, 5) is 23.6. The molecule has 1 fully saturated rings. The molecular formula is C23H19F3N6O2. The van der Waals surface area contributed by atoms with Crippen molar-refractivity contribution in [2.24, 2.45) is 0 Å². The Morgan fingerprint density at radius 2 is 1.82 bits per heavy atom. The summed E-state index contributed by atoms with van der Waals surface area (Å²) in [6, 6.07) is 11.8. The molecule has 8 nitrogen and oxygen atoms in total. The number of rotatable bonds is 4. The third-order valence-corrected chi connectivity index (χ3v) is 5.41. The number of alkyl halides is 3. The van der Waals surface area contributed by atoms with Crippen LogP contribution >= 0.6 is 0 Å².